The van der Waals surface area contributed by atoms with Crippen molar-refractivity contribution < 1.29 is 4.79 Å². The first kappa shape index (κ1) is 12.6. The molecule has 2 N–H and O–H groups in total. The van der Waals surface area contributed by atoms with Crippen LogP contribution in [0.1, 0.15) is 21.6 Å². The van der Waals surface area contributed by atoms with Crippen LogP contribution in [0.4, 0.5) is 0 Å². The largest absolute Gasteiger partial charge is 0.366 e. The maximum atomic E-state index is 11.0. The molecule has 0 saturated carbocycles. The van der Waals surface area contributed by atoms with Crippen molar-refractivity contribution in [3.63, 3.8) is 0 Å². The normalized spacial score (nSPS) is 10.3. The molecule has 0 atom stereocenters. The number of hydrogen-bond donors (Lipinski definition) is 1. The van der Waals surface area contributed by atoms with Gasteiger partial charge in [0.25, 0.3) is 5.91 Å². The molecule has 1 aromatic carbocycles. The molecule has 0 aliphatic heterocycles. The molecule has 92 valence electrons. The fourth-order valence-electron chi connectivity index (χ4n) is 1.71. The van der Waals surface area contributed by atoms with Gasteiger partial charge in [0.05, 0.1) is 5.56 Å². The number of aromatic nitrogens is 1. The highest BCUT2D eigenvalue weighted by atomic mass is 35.5. The van der Waals surface area contributed by atoms with Crippen molar-refractivity contribution >= 4 is 17.5 Å². The van der Waals surface area contributed by atoms with E-state index < -0.39 is 5.91 Å². The number of hydrogen-bond acceptors (Lipinski definition) is 2. The Morgan fingerprint density at radius 2 is 1.83 bits per heavy atom. The van der Waals surface area contributed by atoms with E-state index in [1.54, 1.807) is 12.1 Å². The fourth-order valence-corrected chi connectivity index (χ4v) is 1.98. The van der Waals surface area contributed by atoms with Crippen LogP contribution in [-0.2, 0) is 12.8 Å². The van der Waals surface area contributed by atoms with E-state index >= 15 is 0 Å². The second-order valence-corrected chi connectivity index (χ2v) is 4.35. The van der Waals surface area contributed by atoms with Crippen LogP contribution in [-0.4, -0.2) is 10.9 Å². The molecule has 0 fully saturated rings. The number of primary amides is 1. The number of carbonyl (C=O) groups is 1. The van der Waals surface area contributed by atoms with E-state index in [1.807, 2.05) is 18.2 Å². The molecule has 1 amide bonds. The van der Waals surface area contributed by atoms with Crippen LogP contribution in [0, 0.1) is 0 Å². The van der Waals surface area contributed by atoms with Gasteiger partial charge in [-0.1, -0.05) is 41.9 Å². The molecule has 0 aliphatic carbocycles. The zero-order valence-corrected chi connectivity index (χ0v) is 10.5. The first-order valence-corrected chi connectivity index (χ1v) is 6.04. The fraction of sp³-hybridized carbons (Fsp3) is 0.143. The Morgan fingerprint density at radius 3 is 2.44 bits per heavy atom. The lowest BCUT2D eigenvalue weighted by Gasteiger charge is -2.04. The van der Waals surface area contributed by atoms with Crippen molar-refractivity contribution in [2.24, 2.45) is 5.73 Å². The first-order chi connectivity index (χ1) is 8.66. The highest BCUT2D eigenvalue weighted by Gasteiger charge is 2.08. The van der Waals surface area contributed by atoms with Gasteiger partial charge in [0.15, 0.2) is 0 Å². The van der Waals surface area contributed by atoms with Gasteiger partial charge in [0.1, 0.15) is 5.15 Å². The maximum absolute atomic E-state index is 11.0. The third-order valence-corrected chi connectivity index (χ3v) is 2.97. The van der Waals surface area contributed by atoms with Crippen LogP contribution in [0.3, 0.4) is 0 Å². The summed E-state index contributed by atoms with van der Waals surface area (Å²) in [6.45, 7) is 0. The summed E-state index contributed by atoms with van der Waals surface area (Å²) >= 11 is 5.89. The Hall–Kier alpha value is -1.87. The third-order valence-electron chi connectivity index (χ3n) is 2.68. The number of amides is 1. The molecule has 0 aliphatic rings. The molecule has 0 unspecified atom stereocenters. The molecular formula is C14H13ClN2O. The minimum Gasteiger partial charge on any atom is -0.366 e. The van der Waals surface area contributed by atoms with E-state index in [9.17, 15) is 4.79 Å². The molecule has 0 bridgehead atoms. The molecule has 1 aromatic heterocycles. The Bertz CT molecular complexity index is 555. The van der Waals surface area contributed by atoms with Gasteiger partial charge in [-0.3, -0.25) is 4.79 Å². The number of carbonyl (C=O) groups excluding carboxylic acids is 1. The van der Waals surface area contributed by atoms with E-state index in [-0.39, 0.29) is 10.7 Å². The maximum Gasteiger partial charge on any atom is 0.251 e. The Labute approximate surface area is 111 Å². The minimum atomic E-state index is -0.554. The minimum absolute atomic E-state index is 0.174. The molecule has 0 saturated heterocycles. The summed E-state index contributed by atoms with van der Waals surface area (Å²) < 4.78 is 0. The highest BCUT2D eigenvalue weighted by Crippen LogP contribution is 2.14. The summed E-state index contributed by atoms with van der Waals surface area (Å²) in [6.07, 6.45) is 1.67. The monoisotopic (exact) mass is 260 g/mol. The lowest BCUT2D eigenvalue weighted by atomic mass is 10.1. The zero-order chi connectivity index (χ0) is 13.0. The summed E-state index contributed by atoms with van der Waals surface area (Å²) in [5, 5.41) is 0.174. The van der Waals surface area contributed by atoms with Crippen LogP contribution in [0.5, 0.6) is 0 Å². The number of aryl methyl sites for hydroxylation is 2. The highest BCUT2D eigenvalue weighted by molar-refractivity contribution is 6.32. The van der Waals surface area contributed by atoms with Gasteiger partial charge in [-0.25, -0.2) is 4.98 Å². The van der Waals surface area contributed by atoms with Crippen LogP contribution in [0.25, 0.3) is 0 Å². The predicted molar refractivity (Wildman–Crippen MR) is 71.6 cm³/mol. The standard InChI is InChI=1S/C14H13ClN2O/c15-13-12(14(16)18)9-8-11(17-13)7-6-10-4-2-1-3-5-10/h1-5,8-9H,6-7H2,(H2,16,18). The van der Waals surface area contributed by atoms with Gasteiger partial charge < -0.3 is 5.73 Å². The quantitative estimate of drug-likeness (QED) is 0.859. The summed E-state index contributed by atoms with van der Waals surface area (Å²) in [4.78, 5) is 15.2. The van der Waals surface area contributed by atoms with E-state index in [0.29, 0.717) is 0 Å². The average Bonchev–Trinajstić information content (AvgIpc) is 2.37. The van der Waals surface area contributed by atoms with Crippen molar-refractivity contribution in [1.29, 1.82) is 0 Å². The third kappa shape index (κ3) is 3.08. The number of nitrogens with zero attached hydrogens (tertiary/aromatic N) is 1. The topological polar surface area (TPSA) is 56.0 Å². The second kappa shape index (κ2) is 5.65. The number of rotatable bonds is 4. The molecule has 2 aromatic rings. The van der Waals surface area contributed by atoms with E-state index in [0.717, 1.165) is 18.5 Å². The summed E-state index contributed by atoms with van der Waals surface area (Å²) in [5.41, 5.74) is 7.53. The smallest absolute Gasteiger partial charge is 0.251 e. The van der Waals surface area contributed by atoms with Crippen LogP contribution in [0.2, 0.25) is 5.15 Å². The summed E-state index contributed by atoms with van der Waals surface area (Å²) in [6, 6.07) is 13.5. The van der Waals surface area contributed by atoms with E-state index in [4.69, 9.17) is 17.3 Å². The molecular weight excluding hydrogens is 248 g/mol. The average molecular weight is 261 g/mol. The SMILES string of the molecule is NC(=O)c1ccc(CCc2ccccc2)nc1Cl. The summed E-state index contributed by atoms with van der Waals surface area (Å²) in [5.74, 6) is -0.554. The molecule has 0 spiro atoms. The van der Waals surface area contributed by atoms with Crippen molar-refractivity contribution in [3.05, 3.63) is 64.4 Å². The number of pyridine rings is 1. The molecule has 0 radical (unpaired) electrons. The Kier molecular flexibility index (Phi) is 3.95. The van der Waals surface area contributed by atoms with E-state index in [1.165, 1.54) is 5.56 Å². The lowest BCUT2D eigenvalue weighted by molar-refractivity contribution is 0.1000. The first-order valence-electron chi connectivity index (χ1n) is 5.66. The zero-order valence-electron chi connectivity index (χ0n) is 9.77. The molecule has 4 heteroatoms. The molecule has 3 nitrogen and oxygen atoms in total. The molecule has 2 rings (SSSR count). The van der Waals surface area contributed by atoms with Gasteiger partial charge in [-0.15, -0.1) is 0 Å². The number of nitrogens with two attached hydrogens (primary N) is 1. The van der Waals surface area contributed by atoms with Gasteiger partial charge >= 0.3 is 0 Å². The van der Waals surface area contributed by atoms with Crippen molar-refractivity contribution in [2.45, 2.75) is 12.8 Å². The predicted octanol–water partition coefficient (Wildman–Crippen LogP) is 2.62. The van der Waals surface area contributed by atoms with Gasteiger partial charge in [0.2, 0.25) is 0 Å². The van der Waals surface area contributed by atoms with Crippen molar-refractivity contribution in [2.75, 3.05) is 0 Å². The van der Waals surface area contributed by atoms with Gasteiger partial charge in [0, 0.05) is 5.69 Å². The van der Waals surface area contributed by atoms with Crippen LogP contribution < -0.4 is 5.73 Å². The van der Waals surface area contributed by atoms with Gasteiger partial charge in [-0.05, 0) is 30.5 Å². The Morgan fingerprint density at radius 1 is 1.11 bits per heavy atom. The summed E-state index contributed by atoms with van der Waals surface area (Å²) in [7, 11) is 0. The van der Waals surface area contributed by atoms with Crippen molar-refractivity contribution in [3.8, 4) is 0 Å². The molecule has 1 heterocycles. The number of halogens is 1. The van der Waals surface area contributed by atoms with Crippen LogP contribution in [0.15, 0.2) is 42.5 Å². The van der Waals surface area contributed by atoms with E-state index in [2.05, 4.69) is 17.1 Å². The van der Waals surface area contributed by atoms with Crippen LogP contribution >= 0.6 is 11.6 Å². The van der Waals surface area contributed by atoms with Crippen molar-refractivity contribution in [1.82, 2.24) is 4.98 Å². The Balaban J connectivity index is 2.07. The second-order valence-electron chi connectivity index (χ2n) is 3.99. The lowest BCUT2D eigenvalue weighted by Crippen LogP contribution is -2.12. The van der Waals surface area contributed by atoms with Gasteiger partial charge in [-0.2, -0.15) is 0 Å². The number of benzene rings is 1. The molecule has 18 heavy (non-hydrogen) atoms.